The number of H-pyrrole nitrogens is 1. The van der Waals surface area contributed by atoms with Gasteiger partial charge in [-0.05, 0) is 30.3 Å². The van der Waals surface area contributed by atoms with Gasteiger partial charge in [0.05, 0.1) is 96.4 Å². The number of phosphoric acid groups is 2. The lowest BCUT2D eigenvalue weighted by atomic mass is 10.0. The van der Waals surface area contributed by atoms with E-state index < -0.39 is 141 Å². The van der Waals surface area contributed by atoms with Crippen molar-refractivity contribution in [2.45, 2.75) is 127 Å². The van der Waals surface area contributed by atoms with Crippen LogP contribution in [0.1, 0.15) is 83.1 Å². The molecule has 456 valence electrons. The van der Waals surface area contributed by atoms with Gasteiger partial charge in [0.25, 0.3) is 11.5 Å². The maximum atomic E-state index is 15.6. The molecule has 3 fully saturated rings. The second-order valence-electron chi connectivity index (χ2n) is 21.5. The van der Waals surface area contributed by atoms with Gasteiger partial charge in [-0.3, -0.25) is 65.8 Å². The normalized spacial score (nSPS) is 22.9. The van der Waals surface area contributed by atoms with Crippen LogP contribution in [0.15, 0.2) is 54.1 Å². The molecule has 0 aliphatic carbocycles. The van der Waals surface area contributed by atoms with E-state index in [9.17, 15) is 39.5 Å². The first-order valence-electron chi connectivity index (χ1n) is 27.0. The number of ether oxygens (including phenoxy) is 4. The average Bonchev–Trinajstić information content (AvgIpc) is 1.60. The van der Waals surface area contributed by atoms with Crippen LogP contribution in [-0.2, 0) is 69.2 Å². The van der Waals surface area contributed by atoms with E-state index in [0.717, 1.165) is 0 Å². The number of nitrogens with one attached hydrogen (secondary N) is 4. The van der Waals surface area contributed by atoms with E-state index in [1.807, 2.05) is 52.1 Å². The molecule has 4 N–H and O–H groups in total. The Morgan fingerprint density at radius 1 is 0.847 bits per heavy atom. The lowest BCUT2D eigenvalue weighted by Crippen LogP contribution is -2.49. The summed E-state index contributed by atoms with van der Waals surface area (Å²) in [6.07, 6.45) is -5.96. The van der Waals surface area contributed by atoms with Crippen molar-refractivity contribution in [2.75, 3.05) is 63.9 Å². The Hall–Kier alpha value is -6.76. The predicted octanol–water partition coefficient (Wildman–Crippen LogP) is 5.71. The van der Waals surface area contributed by atoms with Gasteiger partial charge in [-0.25, -0.2) is 29.1 Å². The number of aromatic amines is 1. The van der Waals surface area contributed by atoms with Gasteiger partial charge in [0.15, 0.2) is 48.9 Å². The van der Waals surface area contributed by atoms with Crippen LogP contribution < -0.4 is 21.5 Å². The van der Waals surface area contributed by atoms with Crippen molar-refractivity contribution < 1.29 is 74.0 Å². The number of aromatic nitrogens is 8. The molecule has 9 atom stereocenters. The lowest BCUT2D eigenvalue weighted by Gasteiger charge is -2.40. The maximum absolute atomic E-state index is 15.6. The van der Waals surface area contributed by atoms with Crippen LogP contribution in [0.4, 0.5) is 11.8 Å². The molecule has 3 aliphatic rings. The number of fused-ring (bicyclic) bond motifs is 4. The first-order valence-corrected chi connectivity index (χ1v) is 32.8. The van der Waals surface area contributed by atoms with Crippen molar-refractivity contribution >= 4 is 75.8 Å². The van der Waals surface area contributed by atoms with Gasteiger partial charge < -0.3 is 34.0 Å². The van der Waals surface area contributed by atoms with Crippen LogP contribution in [0.2, 0.25) is 18.1 Å². The molecule has 31 nitrogen and oxygen atoms in total. The van der Waals surface area contributed by atoms with E-state index in [4.69, 9.17) is 50.5 Å². The molecule has 2 bridgehead atoms. The summed E-state index contributed by atoms with van der Waals surface area (Å²) in [4.78, 5) is 76.9. The molecule has 1 aromatic carbocycles. The number of hydrogen-bond donors (Lipinski definition) is 4. The highest BCUT2D eigenvalue weighted by molar-refractivity contribution is 7.48. The van der Waals surface area contributed by atoms with Crippen LogP contribution in [0.25, 0.3) is 22.3 Å². The number of anilines is 2. The maximum Gasteiger partial charge on any atom is 0.475 e. The smallest absolute Gasteiger partial charge is 0.407 e. The van der Waals surface area contributed by atoms with Gasteiger partial charge in [-0.1, -0.05) is 52.8 Å². The van der Waals surface area contributed by atoms with Gasteiger partial charge in [-0.2, -0.15) is 20.8 Å². The largest absolute Gasteiger partial charge is 0.475 e. The molecule has 0 saturated carbocycles. The summed E-state index contributed by atoms with van der Waals surface area (Å²) in [5.41, 5.74) is -2.15. The number of phosphoric ester groups is 2. The van der Waals surface area contributed by atoms with E-state index in [1.54, 1.807) is 44.2 Å². The number of carbonyl (C=O) groups is 3. The number of benzene rings is 1. The van der Waals surface area contributed by atoms with Crippen molar-refractivity contribution in [1.82, 2.24) is 44.4 Å². The average molecular weight is 1240 g/mol. The van der Waals surface area contributed by atoms with E-state index in [2.05, 4.69) is 45.9 Å². The van der Waals surface area contributed by atoms with E-state index in [1.165, 1.54) is 35.2 Å². The predicted molar refractivity (Wildman–Crippen MR) is 299 cm³/mol. The first-order chi connectivity index (χ1) is 40.5. The summed E-state index contributed by atoms with van der Waals surface area (Å²) in [6.45, 7) is 10.0. The van der Waals surface area contributed by atoms with Gasteiger partial charge >= 0.3 is 15.6 Å². The number of rotatable bonds is 29. The Balaban J connectivity index is 1.17. The number of imidazole rings is 2. The first kappa shape index (κ1) is 64.2. The number of carbonyl (C=O) groups excluding carboxylic acids is 3. The number of nitriles is 3. The van der Waals surface area contributed by atoms with Crippen LogP contribution >= 0.6 is 15.6 Å². The quantitative estimate of drug-likeness (QED) is 0.0253. The standard InChI is InChI=1S/C51H66N14O17P2Si/c1-31(2)44(67)62-49-61-43-36(46(69)63-49)59-30-65(43)47-38(82-85(7,8)50(3,4)5)37(72-24-17-34(66)55-6)33(79-47)25-77-84(71,76-23-14-20-54)81-40-39-48(80-51(40,26-73-39)27-78-83(70,74-21-12-18-52)75-22-13-19-53)64-29-58-35-41(56-28-57-42(35)64)60-45(68)32-15-10-9-11-16-32/h9-11,15-16,28-31,33,37-40,47-48H,12-14,17,21-27H2,1-8H3,(H,55,66)(H,56,57,60,68)(H2,61,62,63,67,69)/t33-,37?,38+,39+,40?,47-,48-,51-,84?/m1/s1. The Morgan fingerprint density at radius 3 is 2.13 bits per heavy atom. The molecule has 3 aliphatic heterocycles. The minimum absolute atomic E-state index is 0.0179. The fourth-order valence-corrected chi connectivity index (χ4v) is 12.8. The molecular formula is C51H66N14O17P2Si. The highest BCUT2D eigenvalue weighted by Crippen LogP contribution is 2.60. The van der Waals surface area contributed by atoms with Gasteiger partial charge in [0.2, 0.25) is 17.8 Å². The summed E-state index contributed by atoms with van der Waals surface area (Å²) in [7, 11) is -11.1. The van der Waals surface area contributed by atoms with E-state index in [0.29, 0.717) is 5.56 Å². The van der Waals surface area contributed by atoms with Crippen molar-refractivity contribution in [3.8, 4) is 18.2 Å². The minimum Gasteiger partial charge on any atom is -0.407 e. The molecule has 85 heavy (non-hydrogen) atoms. The highest BCUT2D eigenvalue weighted by Gasteiger charge is 2.66. The fourth-order valence-electron chi connectivity index (χ4n) is 8.84. The molecule has 8 rings (SSSR count). The molecule has 34 heteroatoms. The zero-order valence-electron chi connectivity index (χ0n) is 47.8. The van der Waals surface area contributed by atoms with Gasteiger partial charge in [0.1, 0.15) is 42.4 Å². The highest BCUT2D eigenvalue weighted by atomic mass is 31.2. The molecule has 3 unspecified atom stereocenters. The Kier molecular flexibility index (Phi) is 20.6. The van der Waals surface area contributed by atoms with E-state index >= 15 is 4.57 Å². The summed E-state index contributed by atoms with van der Waals surface area (Å²) >= 11 is 0. The molecule has 3 amide bonds. The third kappa shape index (κ3) is 14.7. The number of hydrogen-bond acceptors (Lipinski definition) is 25. The van der Waals surface area contributed by atoms with Gasteiger partial charge in [0, 0.05) is 24.9 Å². The summed E-state index contributed by atoms with van der Waals surface area (Å²) in [6, 6.07) is 14.1. The van der Waals surface area contributed by atoms with Crippen LogP contribution in [-0.4, -0.2) is 154 Å². The lowest BCUT2D eigenvalue weighted by molar-refractivity contribution is -0.184. The Labute approximate surface area is 488 Å². The number of amides is 3. The summed E-state index contributed by atoms with van der Waals surface area (Å²) in [5.74, 6) is -1.89. The second kappa shape index (κ2) is 27.3. The molecule has 0 radical (unpaired) electrons. The van der Waals surface area contributed by atoms with Crippen molar-refractivity contribution in [2.24, 2.45) is 5.92 Å². The van der Waals surface area contributed by atoms with Crippen LogP contribution in [0, 0.1) is 39.9 Å². The minimum atomic E-state index is -5.07. The molecular weight excluding hydrogens is 1170 g/mol. The SMILES string of the molecule is CNC(=O)CCOC1[C@@H](COP(=O)(OCCC#N)OC2[C@@H]3OC[C@]2(COP(=O)(OCCC#N)OCCC#N)O[C@H]3n2cnc3c(NC(=O)c4ccccc4)ncnc32)O[C@@H](n2cnc3c(=O)[nH]c(NC(=O)C(C)C)nc32)[C@H]1O[Si](C)(C)C(C)(C)C. The van der Waals surface area contributed by atoms with Gasteiger partial charge in [-0.15, -0.1) is 0 Å². The number of nitrogens with zero attached hydrogens (tertiary/aromatic N) is 10. The van der Waals surface area contributed by atoms with Crippen molar-refractivity contribution in [3.05, 3.63) is 65.2 Å². The van der Waals surface area contributed by atoms with E-state index in [-0.39, 0.29) is 72.3 Å². The molecule has 7 heterocycles. The second-order valence-corrected chi connectivity index (χ2v) is 29.5. The molecule has 5 aromatic rings. The zero-order chi connectivity index (χ0) is 61.3. The van der Waals surface area contributed by atoms with Crippen LogP contribution in [0.5, 0.6) is 0 Å². The summed E-state index contributed by atoms with van der Waals surface area (Å²) < 4.78 is 102. The monoisotopic (exact) mass is 1240 g/mol. The summed E-state index contributed by atoms with van der Waals surface area (Å²) in [5, 5.41) is 35.7. The Bertz CT molecular complexity index is 3480. The molecule has 0 spiro atoms. The van der Waals surface area contributed by atoms with Crippen molar-refractivity contribution in [3.63, 3.8) is 0 Å². The fraction of sp³-hybridized carbons (Fsp3) is 0.569. The van der Waals surface area contributed by atoms with Crippen LogP contribution in [0.3, 0.4) is 0 Å². The topological polar surface area (TPSA) is 402 Å². The third-order valence-electron chi connectivity index (χ3n) is 14.3. The molecule has 4 aromatic heterocycles. The van der Waals surface area contributed by atoms with Crippen molar-refractivity contribution in [1.29, 1.82) is 15.8 Å². The third-order valence-corrected chi connectivity index (χ3v) is 21.6. The zero-order valence-corrected chi connectivity index (χ0v) is 50.6. The Morgan fingerprint density at radius 2 is 1.49 bits per heavy atom. The molecule has 3 saturated heterocycles.